The van der Waals surface area contributed by atoms with Gasteiger partial charge in [0.1, 0.15) is 0 Å². The fourth-order valence-corrected chi connectivity index (χ4v) is 7.53. The first-order valence-electron chi connectivity index (χ1n) is 11.0. The Morgan fingerprint density at radius 3 is 2.75 bits per heavy atom. The van der Waals surface area contributed by atoms with E-state index in [4.69, 9.17) is 4.74 Å². The summed E-state index contributed by atoms with van der Waals surface area (Å²) < 4.78 is 4.77. The quantitative estimate of drug-likeness (QED) is 0.493. The Hall–Kier alpha value is -1.64. The van der Waals surface area contributed by atoms with E-state index >= 15 is 0 Å². The lowest BCUT2D eigenvalue weighted by molar-refractivity contribution is -0.134. The van der Waals surface area contributed by atoms with Gasteiger partial charge in [-0.05, 0) is 85.7 Å². The Bertz CT molecular complexity index is 760. The zero-order chi connectivity index (χ0) is 20.1. The fraction of sp³-hybridized carbons (Fsp3) is 0.680. The third-order valence-electron chi connectivity index (χ3n) is 9.00. The van der Waals surface area contributed by atoms with Crippen molar-refractivity contribution >= 4 is 11.8 Å². The number of allylic oxidation sites excluding steroid dienone is 5. The van der Waals surface area contributed by atoms with E-state index in [2.05, 4.69) is 32.9 Å². The summed E-state index contributed by atoms with van der Waals surface area (Å²) in [7, 11) is 1.44. The lowest BCUT2D eigenvalue weighted by Gasteiger charge is -2.57. The Labute approximate surface area is 169 Å². The molecule has 152 valence electrons. The van der Waals surface area contributed by atoms with Crippen molar-refractivity contribution in [3.8, 4) is 0 Å². The van der Waals surface area contributed by atoms with Crippen LogP contribution in [0.2, 0.25) is 0 Å². The molecule has 0 saturated heterocycles. The molecule has 0 amide bonds. The van der Waals surface area contributed by atoms with Crippen molar-refractivity contribution in [3.63, 3.8) is 0 Å². The van der Waals surface area contributed by atoms with E-state index in [1.54, 1.807) is 12.2 Å². The van der Waals surface area contributed by atoms with Gasteiger partial charge in [-0.3, -0.25) is 4.79 Å². The number of ketones is 1. The van der Waals surface area contributed by atoms with Crippen molar-refractivity contribution in [1.82, 2.24) is 0 Å². The Balaban J connectivity index is 1.56. The van der Waals surface area contributed by atoms with Crippen molar-refractivity contribution in [1.29, 1.82) is 0 Å². The van der Waals surface area contributed by atoms with Gasteiger partial charge in [0.15, 0.2) is 5.78 Å². The average molecular weight is 383 g/mol. The third kappa shape index (κ3) is 2.93. The van der Waals surface area contributed by atoms with Gasteiger partial charge in [-0.2, -0.15) is 0 Å². The van der Waals surface area contributed by atoms with Crippen molar-refractivity contribution in [2.45, 2.75) is 59.3 Å². The van der Waals surface area contributed by atoms with Crippen LogP contribution in [0.25, 0.3) is 0 Å². The van der Waals surface area contributed by atoms with E-state index in [-0.39, 0.29) is 17.2 Å². The SMILES string of the molecule is COC(=O)/C=C/[C@H](C)[C@H]1CC[C@H]2[C@@H]3CCC4=CC(=O)C=C[C@]4(C)[C@H]3CC[C@]12C. The summed E-state index contributed by atoms with van der Waals surface area (Å²) in [6.07, 6.45) is 17.0. The molecule has 0 aromatic carbocycles. The predicted molar refractivity (Wildman–Crippen MR) is 110 cm³/mol. The lowest BCUT2D eigenvalue weighted by Crippen LogP contribution is -2.50. The normalized spacial score (nSPS) is 43.1. The third-order valence-corrected chi connectivity index (χ3v) is 9.00. The molecule has 0 N–H and O–H groups in total. The number of hydrogen-bond donors (Lipinski definition) is 0. The molecule has 0 bridgehead atoms. The van der Waals surface area contributed by atoms with Gasteiger partial charge in [-0.25, -0.2) is 4.79 Å². The standard InChI is InChI=1S/C25H34O3/c1-16(5-10-23(27)28-4)20-8-9-21-19-7-6-17-15-18(26)11-13-24(17,2)22(19)12-14-25(20,21)3/h5,10-11,13,15-16,19-22H,6-9,12,14H2,1-4H3/b10-5+/t16-,19-,20+,21-,22-,24-,25+/m0/s1. The van der Waals surface area contributed by atoms with Crippen molar-refractivity contribution in [3.05, 3.63) is 36.0 Å². The largest absolute Gasteiger partial charge is 0.466 e. The molecule has 4 aliphatic rings. The highest BCUT2D eigenvalue weighted by Gasteiger charge is 2.58. The number of carbonyl (C=O) groups excluding carboxylic acids is 2. The van der Waals surface area contributed by atoms with Crippen LogP contribution < -0.4 is 0 Å². The molecule has 3 fully saturated rings. The maximum atomic E-state index is 11.9. The average Bonchev–Trinajstić information content (AvgIpc) is 3.03. The number of ether oxygens (including phenoxy) is 1. The lowest BCUT2D eigenvalue weighted by atomic mass is 9.47. The van der Waals surface area contributed by atoms with Crippen LogP contribution in [-0.2, 0) is 14.3 Å². The van der Waals surface area contributed by atoms with Gasteiger partial charge in [-0.15, -0.1) is 0 Å². The van der Waals surface area contributed by atoms with E-state index in [0.717, 1.165) is 18.3 Å². The van der Waals surface area contributed by atoms with Gasteiger partial charge >= 0.3 is 5.97 Å². The molecule has 3 nitrogen and oxygen atoms in total. The van der Waals surface area contributed by atoms with Crippen molar-refractivity contribution < 1.29 is 14.3 Å². The van der Waals surface area contributed by atoms with Crippen LogP contribution in [0.3, 0.4) is 0 Å². The van der Waals surface area contributed by atoms with Crippen LogP contribution in [0, 0.1) is 40.4 Å². The zero-order valence-corrected chi connectivity index (χ0v) is 17.7. The minimum absolute atomic E-state index is 0.0760. The van der Waals surface area contributed by atoms with Gasteiger partial charge in [0.2, 0.25) is 0 Å². The van der Waals surface area contributed by atoms with E-state index < -0.39 is 0 Å². The van der Waals surface area contributed by atoms with Crippen LogP contribution in [-0.4, -0.2) is 18.9 Å². The van der Waals surface area contributed by atoms with E-state index in [1.165, 1.54) is 44.8 Å². The highest BCUT2D eigenvalue weighted by molar-refractivity contribution is 6.01. The first-order chi connectivity index (χ1) is 13.3. The molecule has 0 heterocycles. The number of fused-ring (bicyclic) bond motifs is 5. The first kappa shape index (κ1) is 19.7. The first-order valence-corrected chi connectivity index (χ1v) is 11.0. The van der Waals surface area contributed by atoms with Crippen molar-refractivity contribution in [2.24, 2.45) is 40.4 Å². The van der Waals surface area contributed by atoms with Crippen LogP contribution in [0.4, 0.5) is 0 Å². The van der Waals surface area contributed by atoms with Crippen LogP contribution >= 0.6 is 0 Å². The molecule has 0 aromatic heterocycles. The Kier molecular flexibility index (Phi) is 4.92. The summed E-state index contributed by atoms with van der Waals surface area (Å²) in [5.74, 6) is 3.11. The molecule has 28 heavy (non-hydrogen) atoms. The van der Waals surface area contributed by atoms with Gasteiger partial charge in [0, 0.05) is 11.5 Å². The number of hydrogen-bond acceptors (Lipinski definition) is 3. The van der Waals surface area contributed by atoms with Crippen LogP contribution in [0.1, 0.15) is 59.3 Å². The van der Waals surface area contributed by atoms with Crippen LogP contribution in [0.15, 0.2) is 36.0 Å². The topological polar surface area (TPSA) is 43.4 Å². The second-order valence-corrected chi connectivity index (χ2v) is 10.1. The van der Waals surface area contributed by atoms with Crippen LogP contribution in [0.5, 0.6) is 0 Å². The molecule has 4 aliphatic carbocycles. The van der Waals surface area contributed by atoms with E-state index in [1.807, 2.05) is 6.08 Å². The highest BCUT2D eigenvalue weighted by atomic mass is 16.5. The summed E-state index contributed by atoms with van der Waals surface area (Å²) in [6.45, 7) is 7.15. The molecular formula is C25H34O3. The predicted octanol–water partition coefficient (Wildman–Crippen LogP) is 5.28. The molecule has 0 spiro atoms. The summed E-state index contributed by atoms with van der Waals surface area (Å²) in [4.78, 5) is 23.4. The van der Waals surface area contributed by atoms with Gasteiger partial charge in [0.05, 0.1) is 7.11 Å². The molecule has 0 radical (unpaired) electrons. The Morgan fingerprint density at radius 2 is 2.00 bits per heavy atom. The molecule has 3 heteroatoms. The minimum Gasteiger partial charge on any atom is -0.466 e. The molecule has 3 saturated carbocycles. The Morgan fingerprint density at radius 1 is 1.21 bits per heavy atom. The van der Waals surface area contributed by atoms with Gasteiger partial charge in [-0.1, -0.05) is 38.5 Å². The second-order valence-electron chi connectivity index (χ2n) is 10.1. The molecule has 0 aromatic rings. The number of esters is 1. The zero-order valence-electron chi connectivity index (χ0n) is 17.7. The van der Waals surface area contributed by atoms with Gasteiger partial charge < -0.3 is 4.74 Å². The number of methoxy groups -OCH3 is 1. The maximum absolute atomic E-state index is 11.9. The smallest absolute Gasteiger partial charge is 0.330 e. The summed E-state index contributed by atoms with van der Waals surface area (Å²) >= 11 is 0. The van der Waals surface area contributed by atoms with E-state index in [9.17, 15) is 9.59 Å². The second kappa shape index (κ2) is 7.00. The molecule has 0 unspecified atom stereocenters. The summed E-state index contributed by atoms with van der Waals surface area (Å²) in [5, 5.41) is 0. The number of rotatable bonds is 3. The summed E-state index contributed by atoms with van der Waals surface area (Å²) in [6, 6.07) is 0. The highest BCUT2D eigenvalue weighted by Crippen LogP contribution is 2.66. The molecule has 0 aliphatic heterocycles. The minimum atomic E-state index is -0.256. The molecular weight excluding hydrogens is 348 g/mol. The number of carbonyl (C=O) groups is 2. The maximum Gasteiger partial charge on any atom is 0.330 e. The monoisotopic (exact) mass is 382 g/mol. The van der Waals surface area contributed by atoms with Crippen molar-refractivity contribution in [2.75, 3.05) is 7.11 Å². The molecule has 4 rings (SSSR count). The fourth-order valence-electron chi connectivity index (χ4n) is 7.53. The van der Waals surface area contributed by atoms with E-state index in [0.29, 0.717) is 23.2 Å². The van der Waals surface area contributed by atoms with Gasteiger partial charge in [0.25, 0.3) is 0 Å². The molecule has 7 atom stereocenters. The summed E-state index contributed by atoms with van der Waals surface area (Å²) in [5.41, 5.74) is 1.80.